The summed E-state index contributed by atoms with van der Waals surface area (Å²) < 4.78 is 10.2. The number of nitrogens with zero attached hydrogens (tertiary/aromatic N) is 1. The molecular formula is C21H21ClN2O5. The molecule has 2 aromatic rings. The lowest BCUT2D eigenvalue weighted by atomic mass is 10.1. The second-order valence-electron chi connectivity index (χ2n) is 6.67. The smallest absolute Gasteiger partial charge is 0.311 e. The monoisotopic (exact) mass is 416 g/mol. The zero-order valence-electron chi connectivity index (χ0n) is 16.1. The van der Waals surface area contributed by atoms with Crippen molar-refractivity contribution in [3.05, 3.63) is 53.1 Å². The number of anilines is 2. The van der Waals surface area contributed by atoms with Crippen LogP contribution in [0.4, 0.5) is 11.4 Å². The fourth-order valence-corrected chi connectivity index (χ4v) is 3.24. The highest BCUT2D eigenvalue weighted by atomic mass is 35.5. The Balaban J connectivity index is 1.53. The second-order valence-corrected chi connectivity index (χ2v) is 7.08. The van der Waals surface area contributed by atoms with Crippen LogP contribution in [0.1, 0.15) is 12.0 Å². The molecule has 0 aromatic heterocycles. The number of esters is 1. The normalized spacial score (nSPS) is 15.9. The van der Waals surface area contributed by atoms with Crippen molar-refractivity contribution in [3.8, 4) is 5.75 Å². The maximum Gasteiger partial charge on any atom is 0.311 e. The van der Waals surface area contributed by atoms with Crippen LogP contribution in [0.15, 0.2) is 42.5 Å². The molecule has 1 fully saturated rings. The van der Waals surface area contributed by atoms with Gasteiger partial charge in [0.05, 0.1) is 13.0 Å². The number of amides is 2. The van der Waals surface area contributed by atoms with Gasteiger partial charge in [-0.25, -0.2) is 0 Å². The highest BCUT2D eigenvalue weighted by Gasteiger charge is 2.36. The van der Waals surface area contributed by atoms with Gasteiger partial charge in [0.1, 0.15) is 5.75 Å². The van der Waals surface area contributed by atoms with Crippen LogP contribution in [0.3, 0.4) is 0 Å². The van der Waals surface area contributed by atoms with Gasteiger partial charge >= 0.3 is 5.97 Å². The molecule has 1 saturated heterocycles. The average Bonchev–Trinajstić information content (AvgIpc) is 3.11. The number of hydrogen-bond donors (Lipinski definition) is 1. The molecule has 0 saturated carbocycles. The van der Waals surface area contributed by atoms with Gasteiger partial charge in [0.15, 0.2) is 6.61 Å². The summed E-state index contributed by atoms with van der Waals surface area (Å²) in [4.78, 5) is 38.2. The number of carbonyl (C=O) groups is 3. The summed E-state index contributed by atoms with van der Waals surface area (Å²) in [6.07, 6.45) is 0.0416. The SMILES string of the molecule is COc1ccc(N2C[C@H](C(=O)OCC(=O)Nc3cccc(Cl)c3C)CC2=O)cc1. The van der Waals surface area contributed by atoms with Crippen LogP contribution in [0.2, 0.25) is 5.02 Å². The lowest BCUT2D eigenvalue weighted by molar-refractivity contribution is -0.151. The van der Waals surface area contributed by atoms with Gasteiger partial charge in [0, 0.05) is 29.4 Å². The average molecular weight is 417 g/mol. The van der Waals surface area contributed by atoms with Crippen LogP contribution < -0.4 is 15.0 Å². The number of methoxy groups -OCH3 is 1. The van der Waals surface area contributed by atoms with E-state index in [2.05, 4.69) is 5.32 Å². The molecule has 1 heterocycles. The highest BCUT2D eigenvalue weighted by Crippen LogP contribution is 2.27. The first kappa shape index (κ1) is 20.7. The summed E-state index contributed by atoms with van der Waals surface area (Å²) in [6.45, 7) is 1.55. The van der Waals surface area contributed by atoms with Crippen molar-refractivity contribution in [2.24, 2.45) is 5.92 Å². The summed E-state index contributed by atoms with van der Waals surface area (Å²) in [7, 11) is 1.56. The van der Waals surface area contributed by atoms with E-state index in [-0.39, 0.29) is 18.9 Å². The predicted octanol–water partition coefficient (Wildman–Crippen LogP) is 3.19. The molecule has 0 unspecified atom stereocenters. The van der Waals surface area contributed by atoms with E-state index in [0.29, 0.717) is 22.1 Å². The second kappa shape index (κ2) is 8.96. The molecule has 1 atom stereocenters. The molecule has 0 aliphatic carbocycles. The molecule has 1 aliphatic heterocycles. The van der Waals surface area contributed by atoms with E-state index in [0.717, 1.165) is 5.56 Å². The molecule has 8 heteroatoms. The van der Waals surface area contributed by atoms with Crippen LogP contribution in [0, 0.1) is 12.8 Å². The van der Waals surface area contributed by atoms with E-state index in [1.807, 2.05) is 0 Å². The number of rotatable bonds is 6. The lowest BCUT2D eigenvalue weighted by Gasteiger charge is -2.17. The molecule has 0 bridgehead atoms. The Morgan fingerprint density at radius 1 is 1.21 bits per heavy atom. The maximum atomic E-state index is 12.3. The first-order valence-electron chi connectivity index (χ1n) is 9.05. The van der Waals surface area contributed by atoms with Crippen LogP contribution in [0.25, 0.3) is 0 Å². The number of halogens is 1. The van der Waals surface area contributed by atoms with Crippen LogP contribution >= 0.6 is 11.6 Å². The zero-order valence-corrected chi connectivity index (χ0v) is 16.9. The molecule has 152 valence electrons. The van der Waals surface area contributed by atoms with E-state index in [4.69, 9.17) is 21.1 Å². The first-order chi connectivity index (χ1) is 13.9. The number of nitrogens with one attached hydrogen (secondary N) is 1. The third-order valence-electron chi connectivity index (χ3n) is 4.73. The molecule has 0 spiro atoms. The molecule has 7 nitrogen and oxygen atoms in total. The Morgan fingerprint density at radius 2 is 1.93 bits per heavy atom. The van der Waals surface area contributed by atoms with Crippen molar-refractivity contribution in [1.82, 2.24) is 0 Å². The number of hydrogen-bond acceptors (Lipinski definition) is 5. The molecule has 1 N–H and O–H groups in total. The molecule has 29 heavy (non-hydrogen) atoms. The summed E-state index contributed by atoms with van der Waals surface area (Å²) in [6, 6.07) is 12.2. The van der Waals surface area contributed by atoms with Crippen LogP contribution in [0.5, 0.6) is 5.75 Å². The minimum absolute atomic E-state index is 0.0416. The van der Waals surface area contributed by atoms with E-state index in [1.165, 1.54) is 4.90 Å². The summed E-state index contributed by atoms with van der Waals surface area (Å²) in [5, 5.41) is 3.19. The fraction of sp³-hybridized carbons (Fsp3) is 0.286. The van der Waals surface area contributed by atoms with Crippen molar-refractivity contribution < 1.29 is 23.9 Å². The minimum atomic E-state index is -0.620. The van der Waals surface area contributed by atoms with Crippen molar-refractivity contribution in [2.75, 3.05) is 30.5 Å². The topological polar surface area (TPSA) is 84.9 Å². The Morgan fingerprint density at radius 3 is 2.62 bits per heavy atom. The maximum absolute atomic E-state index is 12.3. The van der Waals surface area contributed by atoms with Gasteiger partial charge in [-0.1, -0.05) is 17.7 Å². The first-order valence-corrected chi connectivity index (χ1v) is 9.43. The van der Waals surface area contributed by atoms with Gasteiger partial charge in [0.25, 0.3) is 5.91 Å². The molecule has 2 amide bonds. The number of benzene rings is 2. The minimum Gasteiger partial charge on any atom is -0.497 e. The summed E-state index contributed by atoms with van der Waals surface area (Å²) >= 11 is 6.03. The van der Waals surface area contributed by atoms with E-state index >= 15 is 0 Å². The summed E-state index contributed by atoms with van der Waals surface area (Å²) in [5.41, 5.74) is 1.96. The number of ether oxygens (including phenoxy) is 2. The molecule has 3 rings (SSSR count). The predicted molar refractivity (Wildman–Crippen MR) is 109 cm³/mol. The van der Waals surface area contributed by atoms with Gasteiger partial charge in [-0.05, 0) is 48.9 Å². The van der Waals surface area contributed by atoms with Crippen molar-refractivity contribution in [3.63, 3.8) is 0 Å². The molecule has 1 aliphatic rings. The van der Waals surface area contributed by atoms with E-state index < -0.39 is 24.4 Å². The zero-order chi connectivity index (χ0) is 21.0. The molecule has 2 aromatic carbocycles. The van der Waals surface area contributed by atoms with Gasteiger partial charge in [-0.15, -0.1) is 0 Å². The van der Waals surface area contributed by atoms with Gasteiger partial charge in [-0.3, -0.25) is 14.4 Å². The Kier molecular flexibility index (Phi) is 6.39. The van der Waals surface area contributed by atoms with Gasteiger partial charge in [-0.2, -0.15) is 0 Å². The fourth-order valence-electron chi connectivity index (χ4n) is 3.06. The highest BCUT2D eigenvalue weighted by molar-refractivity contribution is 6.31. The van der Waals surface area contributed by atoms with Gasteiger partial charge < -0.3 is 19.7 Å². The quantitative estimate of drug-likeness (QED) is 0.731. The Labute approximate surface area is 173 Å². The van der Waals surface area contributed by atoms with Crippen molar-refractivity contribution >= 4 is 40.8 Å². The van der Waals surface area contributed by atoms with E-state index in [9.17, 15) is 14.4 Å². The standard InChI is InChI=1S/C21H21ClN2O5/c1-13-17(22)4-3-5-18(13)23-19(25)12-29-21(27)14-10-20(26)24(11-14)15-6-8-16(28-2)9-7-15/h3-9,14H,10-12H2,1-2H3,(H,23,25)/t14-/m1/s1. The van der Waals surface area contributed by atoms with Crippen molar-refractivity contribution in [2.45, 2.75) is 13.3 Å². The molecule has 0 radical (unpaired) electrons. The van der Waals surface area contributed by atoms with Crippen LogP contribution in [-0.4, -0.2) is 38.0 Å². The summed E-state index contributed by atoms with van der Waals surface area (Å²) in [5.74, 6) is -1.16. The Bertz CT molecular complexity index is 929. The number of carbonyl (C=O) groups excluding carboxylic acids is 3. The van der Waals surface area contributed by atoms with E-state index in [1.54, 1.807) is 56.5 Å². The lowest BCUT2D eigenvalue weighted by Crippen LogP contribution is -2.28. The van der Waals surface area contributed by atoms with Gasteiger partial charge in [0.2, 0.25) is 5.91 Å². The largest absolute Gasteiger partial charge is 0.497 e. The third kappa shape index (κ3) is 4.86. The Hall–Kier alpha value is -3.06. The third-order valence-corrected chi connectivity index (χ3v) is 5.14. The molecular weight excluding hydrogens is 396 g/mol. The van der Waals surface area contributed by atoms with Crippen LogP contribution in [-0.2, 0) is 19.1 Å². The van der Waals surface area contributed by atoms with Crippen molar-refractivity contribution in [1.29, 1.82) is 0 Å².